The van der Waals surface area contributed by atoms with Crippen molar-refractivity contribution in [2.45, 2.75) is 39.5 Å². The van der Waals surface area contributed by atoms with Crippen LogP contribution >= 0.6 is 11.3 Å². The van der Waals surface area contributed by atoms with Gasteiger partial charge in [0.15, 0.2) is 0 Å². The first kappa shape index (κ1) is 15.9. The van der Waals surface area contributed by atoms with Gasteiger partial charge in [0.2, 0.25) is 5.91 Å². The molecular formula is C15H22N2O3S. The normalized spacial score (nSPS) is 14.0. The van der Waals surface area contributed by atoms with Crippen LogP contribution in [-0.4, -0.2) is 41.5 Å². The van der Waals surface area contributed by atoms with Gasteiger partial charge in [-0.05, 0) is 32.1 Å². The largest absolute Gasteiger partial charge is 0.465 e. The minimum atomic E-state index is -0.334. The van der Waals surface area contributed by atoms with Crippen LogP contribution in [0.2, 0.25) is 0 Å². The van der Waals surface area contributed by atoms with E-state index in [9.17, 15) is 9.59 Å². The molecule has 0 N–H and O–H groups in total. The van der Waals surface area contributed by atoms with Gasteiger partial charge < -0.3 is 9.64 Å². The van der Waals surface area contributed by atoms with Gasteiger partial charge in [-0.25, -0.2) is 4.98 Å². The topological polar surface area (TPSA) is 59.5 Å². The highest BCUT2D eigenvalue weighted by Gasteiger charge is 2.28. The van der Waals surface area contributed by atoms with Gasteiger partial charge in [0, 0.05) is 11.9 Å². The quantitative estimate of drug-likeness (QED) is 0.690. The van der Waals surface area contributed by atoms with E-state index in [-0.39, 0.29) is 24.8 Å². The zero-order valence-electron chi connectivity index (χ0n) is 12.6. The van der Waals surface area contributed by atoms with Crippen molar-refractivity contribution < 1.29 is 14.3 Å². The first-order chi connectivity index (χ1) is 10.1. The monoisotopic (exact) mass is 310 g/mol. The van der Waals surface area contributed by atoms with Gasteiger partial charge in [-0.1, -0.05) is 6.92 Å². The Morgan fingerprint density at radius 3 is 2.76 bits per heavy atom. The van der Waals surface area contributed by atoms with Crippen LogP contribution in [0.15, 0.2) is 5.38 Å². The summed E-state index contributed by atoms with van der Waals surface area (Å²) in [6, 6.07) is 0. The lowest BCUT2D eigenvalue weighted by Gasteiger charge is -2.21. The third-order valence-corrected chi connectivity index (χ3v) is 4.43. The molecule has 1 saturated carbocycles. The molecule has 2 rings (SSSR count). The third-order valence-electron chi connectivity index (χ3n) is 3.39. The van der Waals surface area contributed by atoms with Crippen LogP contribution in [0.3, 0.4) is 0 Å². The highest BCUT2D eigenvalue weighted by molar-refractivity contribution is 7.09. The van der Waals surface area contributed by atoms with Crippen LogP contribution in [-0.2, 0) is 27.2 Å². The summed E-state index contributed by atoms with van der Waals surface area (Å²) < 4.78 is 4.95. The summed E-state index contributed by atoms with van der Waals surface area (Å²) in [6.45, 7) is 4.86. The Morgan fingerprint density at radius 1 is 1.43 bits per heavy atom. The fourth-order valence-corrected chi connectivity index (χ4v) is 2.83. The second kappa shape index (κ2) is 7.54. The fourth-order valence-electron chi connectivity index (χ4n) is 2.09. The van der Waals surface area contributed by atoms with Crippen LogP contribution in [0, 0.1) is 5.92 Å². The lowest BCUT2D eigenvalue weighted by atomic mass is 10.2. The van der Waals surface area contributed by atoms with E-state index in [1.807, 2.05) is 12.3 Å². The predicted octanol–water partition coefficient (Wildman–Crippen LogP) is 2.05. The predicted molar refractivity (Wildman–Crippen MR) is 81.1 cm³/mol. The Bertz CT molecular complexity index is 497. The second-order valence-electron chi connectivity index (χ2n) is 5.29. The standard InChI is InChI=1S/C15H22N2O3S/c1-3-13-16-12(10-21-13)7-14(18)17(8-11-5-6-11)9-15(19)20-4-2/h10-11H,3-9H2,1-2H3. The molecular weight excluding hydrogens is 288 g/mol. The van der Waals surface area contributed by atoms with Gasteiger partial charge in [-0.2, -0.15) is 0 Å². The number of aryl methyl sites for hydroxylation is 1. The Kier molecular flexibility index (Phi) is 5.73. The number of carbonyl (C=O) groups excluding carboxylic acids is 2. The molecule has 6 heteroatoms. The minimum Gasteiger partial charge on any atom is -0.465 e. The molecule has 0 spiro atoms. The van der Waals surface area contributed by atoms with E-state index in [4.69, 9.17) is 4.74 Å². The molecule has 0 radical (unpaired) electrons. The molecule has 0 saturated heterocycles. The molecule has 0 atom stereocenters. The first-order valence-corrected chi connectivity index (χ1v) is 8.37. The Hall–Kier alpha value is -1.43. The maximum atomic E-state index is 12.4. The van der Waals surface area contributed by atoms with Gasteiger partial charge in [-0.3, -0.25) is 9.59 Å². The number of hydrogen-bond acceptors (Lipinski definition) is 5. The molecule has 1 aliphatic rings. The van der Waals surface area contributed by atoms with Crippen LogP contribution < -0.4 is 0 Å². The first-order valence-electron chi connectivity index (χ1n) is 7.49. The average Bonchev–Trinajstić information content (AvgIpc) is 3.15. The van der Waals surface area contributed by atoms with Crippen molar-refractivity contribution in [3.8, 4) is 0 Å². The van der Waals surface area contributed by atoms with E-state index < -0.39 is 0 Å². The SMILES string of the molecule is CCOC(=O)CN(CC1CC1)C(=O)Cc1csc(CC)n1. The Morgan fingerprint density at radius 2 is 2.19 bits per heavy atom. The molecule has 21 heavy (non-hydrogen) atoms. The van der Waals surface area contributed by atoms with Crippen molar-refractivity contribution in [1.82, 2.24) is 9.88 Å². The number of carbonyl (C=O) groups is 2. The zero-order valence-corrected chi connectivity index (χ0v) is 13.4. The number of hydrogen-bond donors (Lipinski definition) is 0. The van der Waals surface area contributed by atoms with E-state index in [1.165, 1.54) is 0 Å². The van der Waals surface area contributed by atoms with Crippen molar-refractivity contribution in [2.24, 2.45) is 5.92 Å². The van der Waals surface area contributed by atoms with Crippen molar-refractivity contribution in [3.05, 3.63) is 16.1 Å². The summed E-state index contributed by atoms with van der Waals surface area (Å²) in [5.74, 6) is 0.173. The number of thiazole rings is 1. The van der Waals surface area contributed by atoms with Crippen LogP contribution in [0.1, 0.15) is 37.4 Å². The van der Waals surface area contributed by atoms with E-state index in [0.717, 1.165) is 30.0 Å². The molecule has 1 heterocycles. The van der Waals surface area contributed by atoms with Gasteiger partial charge in [0.05, 0.1) is 23.7 Å². The summed E-state index contributed by atoms with van der Waals surface area (Å²) in [6.07, 6.45) is 3.43. The van der Waals surface area contributed by atoms with Crippen LogP contribution in [0.5, 0.6) is 0 Å². The van der Waals surface area contributed by atoms with E-state index in [2.05, 4.69) is 4.98 Å². The number of aromatic nitrogens is 1. The highest BCUT2D eigenvalue weighted by Crippen LogP contribution is 2.29. The zero-order chi connectivity index (χ0) is 15.2. The van der Waals surface area contributed by atoms with Gasteiger partial charge in [0.1, 0.15) is 6.54 Å². The number of amides is 1. The molecule has 116 valence electrons. The van der Waals surface area contributed by atoms with Gasteiger partial charge >= 0.3 is 5.97 Å². The van der Waals surface area contributed by atoms with Crippen molar-refractivity contribution in [3.63, 3.8) is 0 Å². The van der Waals surface area contributed by atoms with Crippen molar-refractivity contribution >= 4 is 23.2 Å². The molecule has 1 aromatic heterocycles. The molecule has 1 fully saturated rings. The number of nitrogens with zero attached hydrogens (tertiary/aromatic N) is 2. The molecule has 1 amide bonds. The molecule has 0 aliphatic heterocycles. The van der Waals surface area contributed by atoms with E-state index in [0.29, 0.717) is 19.1 Å². The summed E-state index contributed by atoms with van der Waals surface area (Å²) >= 11 is 1.58. The third kappa shape index (κ3) is 5.12. The Balaban J connectivity index is 1.93. The van der Waals surface area contributed by atoms with E-state index in [1.54, 1.807) is 23.2 Å². The number of rotatable bonds is 8. The molecule has 1 aromatic rings. The van der Waals surface area contributed by atoms with Crippen molar-refractivity contribution in [2.75, 3.05) is 19.7 Å². The van der Waals surface area contributed by atoms with E-state index >= 15 is 0 Å². The number of ether oxygens (including phenoxy) is 1. The Labute approximate surface area is 129 Å². The summed E-state index contributed by atoms with van der Waals surface area (Å²) in [5.41, 5.74) is 0.798. The molecule has 5 nitrogen and oxygen atoms in total. The van der Waals surface area contributed by atoms with Crippen LogP contribution in [0.4, 0.5) is 0 Å². The molecule has 0 aromatic carbocycles. The van der Waals surface area contributed by atoms with Crippen molar-refractivity contribution in [1.29, 1.82) is 0 Å². The van der Waals surface area contributed by atoms with Gasteiger partial charge in [-0.15, -0.1) is 11.3 Å². The average molecular weight is 310 g/mol. The summed E-state index contributed by atoms with van der Waals surface area (Å²) in [4.78, 5) is 30.1. The molecule has 0 unspecified atom stereocenters. The maximum Gasteiger partial charge on any atom is 0.325 e. The fraction of sp³-hybridized carbons (Fsp3) is 0.667. The lowest BCUT2D eigenvalue weighted by molar-refractivity contribution is -0.148. The van der Waals surface area contributed by atoms with Gasteiger partial charge in [0.25, 0.3) is 0 Å². The summed E-state index contributed by atoms with van der Waals surface area (Å²) in [7, 11) is 0. The minimum absolute atomic E-state index is 0.0390. The number of esters is 1. The lowest BCUT2D eigenvalue weighted by Crippen LogP contribution is -2.39. The molecule has 1 aliphatic carbocycles. The smallest absolute Gasteiger partial charge is 0.325 e. The maximum absolute atomic E-state index is 12.4. The summed E-state index contributed by atoms with van der Waals surface area (Å²) in [5, 5.41) is 2.97. The van der Waals surface area contributed by atoms with Crippen LogP contribution in [0.25, 0.3) is 0 Å². The second-order valence-corrected chi connectivity index (χ2v) is 6.23. The highest BCUT2D eigenvalue weighted by atomic mass is 32.1. The molecule has 0 bridgehead atoms.